The fourth-order valence-electron chi connectivity index (χ4n) is 1.98. The maximum Gasteiger partial charge on any atom is 0.258 e. The summed E-state index contributed by atoms with van der Waals surface area (Å²) in [6.07, 6.45) is 2.25. The van der Waals surface area contributed by atoms with Crippen LogP contribution in [0.25, 0.3) is 0 Å². The maximum atomic E-state index is 12.0. The monoisotopic (exact) mass is 381 g/mol. The number of ether oxygens (including phenoxy) is 2. The van der Waals surface area contributed by atoms with Crippen LogP contribution < -0.4 is 14.8 Å². The highest BCUT2D eigenvalue weighted by Gasteiger charge is 2.15. The van der Waals surface area contributed by atoms with Gasteiger partial charge >= 0.3 is 0 Å². The molecule has 23 heavy (non-hydrogen) atoms. The van der Waals surface area contributed by atoms with Crippen molar-refractivity contribution < 1.29 is 23.5 Å². The van der Waals surface area contributed by atoms with Crippen LogP contribution in [0, 0.1) is 0 Å². The van der Waals surface area contributed by atoms with Crippen LogP contribution in [0.15, 0.2) is 39.4 Å². The first-order valence-corrected chi connectivity index (χ1v) is 7.62. The number of benzene rings is 1. The fourth-order valence-corrected chi connectivity index (χ4v) is 2.55. The van der Waals surface area contributed by atoms with Crippen molar-refractivity contribution in [3.63, 3.8) is 0 Å². The number of methoxy groups -OCH3 is 1. The van der Waals surface area contributed by atoms with Crippen molar-refractivity contribution in [1.82, 2.24) is 5.32 Å². The summed E-state index contributed by atoms with van der Waals surface area (Å²) in [5.74, 6) is 1.09. The molecule has 0 radical (unpaired) electrons. The van der Waals surface area contributed by atoms with Crippen LogP contribution in [0.3, 0.4) is 0 Å². The van der Waals surface area contributed by atoms with E-state index in [9.17, 15) is 9.59 Å². The molecular weight excluding hydrogens is 366 g/mol. The zero-order valence-electron chi connectivity index (χ0n) is 12.7. The highest BCUT2D eigenvalue weighted by molar-refractivity contribution is 9.10. The molecule has 2 rings (SSSR count). The second kappa shape index (κ2) is 7.82. The number of amides is 1. The van der Waals surface area contributed by atoms with Gasteiger partial charge in [-0.3, -0.25) is 9.59 Å². The summed E-state index contributed by atoms with van der Waals surface area (Å²) < 4.78 is 16.4. The van der Waals surface area contributed by atoms with Crippen molar-refractivity contribution >= 4 is 28.1 Å². The van der Waals surface area contributed by atoms with Gasteiger partial charge in [-0.15, -0.1) is 0 Å². The maximum absolute atomic E-state index is 12.0. The minimum Gasteiger partial charge on any atom is -0.493 e. The molecule has 6 nitrogen and oxygen atoms in total. The van der Waals surface area contributed by atoms with Gasteiger partial charge in [-0.2, -0.15) is 0 Å². The molecular formula is C16H16BrNO5. The first-order valence-electron chi connectivity index (χ1n) is 6.83. The molecule has 0 aliphatic carbocycles. The molecule has 1 aromatic heterocycles. The van der Waals surface area contributed by atoms with Crippen molar-refractivity contribution in [1.29, 1.82) is 0 Å². The molecule has 1 aromatic carbocycles. The molecule has 0 aliphatic heterocycles. The predicted molar refractivity (Wildman–Crippen MR) is 86.8 cm³/mol. The summed E-state index contributed by atoms with van der Waals surface area (Å²) in [5, 5.41) is 2.76. The van der Waals surface area contributed by atoms with Crippen LogP contribution in [-0.2, 0) is 4.79 Å². The van der Waals surface area contributed by atoms with Crippen molar-refractivity contribution in [3.8, 4) is 11.5 Å². The Morgan fingerprint density at radius 3 is 2.87 bits per heavy atom. The largest absolute Gasteiger partial charge is 0.493 e. The van der Waals surface area contributed by atoms with Crippen LogP contribution in [0.1, 0.15) is 29.1 Å². The number of carbonyl (C=O) groups excluding carboxylic acids is 2. The summed E-state index contributed by atoms with van der Waals surface area (Å²) in [7, 11) is 1.46. The zero-order chi connectivity index (χ0) is 16.8. The van der Waals surface area contributed by atoms with Gasteiger partial charge in [0.1, 0.15) is 12.0 Å². The van der Waals surface area contributed by atoms with Gasteiger partial charge in [-0.25, -0.2) is 0 Å². The summed E-state index contributed by atoms with van der Waals surface area (Å²) in [5.41, 5.74) is 0.442. The Morgan fingerprint density at radius 2 is 2.26 bits per heavy atom. The van der Waals surface area contributed by atoms with Gasteiger partial charge in [-0.1, -0.05) is 0 Å². The fraction of sp³-hybridized carbons (Fsp3) is 0.250. The van der Waals surface area contributed by atoms with Gasteiger partial charge < -0.3 is 19.2 Å². The molecule has 1 amide bonds. The molecule has 0 saturated heterocycles. The van der Waals surface area contributed by atoms with Gasteiger partial charge in [0.2, 0.25) is 0 Å². The van der Waals surface area contributed by atoms with E-state index in [0.29, 0.717) is 33.6 Å². The Balaban J connectivity index is 2.00. The lowest BCUT2D eigenvalue weighted by atomic mass is 10.2. The number of furan rings is 1. The van der Waals surface area contributed by atoms with Gasteiger partial charge in [-0.05, 0) is 47.1 Å². The van der Waals surface area contributed by atoms with Crippen LogP contribution >= 0.6 is 15.9 Å². The number of carbonyl (C=O) groups is 2. The molecule has 7 heteroatoms. The molecule has 0 bridgehead atoms. The number of rotatable bonds is 7. The van der Waals surface area contributed by atoms with Crippen LogP contribution in [0.4, 0.5) is 0 Å². The van der Waals surface area contributed by atoms with Crippen LogP contribution in [0.5, 0.6) is 11.5 Å². The SMILES string of the molecule is COc1cc(C=O)cc(Br)c1OCC(=O)NC(C)c1ccco1. The first-order chi connectivity index (χ1) is 11.0. The van der Waals surface area contributed by atoms with Crippen molar-refractivity contribution in [2.24, 2.45) is 0 Å². The van der Waals surface area contributed by atoms with E-state index in [1.54, 1.807) is 24.5 Å². The lowest BCUT2D eigenvalue weighted by molar-refractivity contribution is -0.123. The smallest absolute Gasteiger partial charge is 0.258 e. The number of hydrogen-bond acceptors (Lipinski definition) is 5. The van der Waals surface area contributed by atoms with E-state index in [4.69, 9.17) is 13.9 Å². The topological polar surface area (TPSA) is 77.8 Å². The zero-order valence-corrected chi connectivity index (χ0v) is 14.3. The van der Waals surface area contributed by atoms with Crippen molar-refractivity contribution in [2.45, 2.75) is 13.0 Å². The minimum atomic E-state index is -0.303. The first kappa shape index (κ1) is 17.1. The third kappa shape index (κ3) is 4.35. The third-order valence-corrected chi connectivity index (χ3v) is 3.67. The van der Waals surface area contributed by atoms with E-state index >= 15 is 0 Å². The molecule has 2 aromatic rings. The minimum absolute atomic E-state index is 0.194. The van der Waals surface area contributed by atoms with E-state index in [-0.39, 0.29) is 18.6 Å². The van der Waals surface area contributed by atoms with E-state index in [1.807, 2.05) is 6.92 Å². The predicted octanol–water partition coefficient (Wildman–Crippen LogP) is 3.12. The van der Waals surface area contributed by atoms with Crippen molar-refractivity contribution in [3.05, 3.63) is 46.3 Å². The Labute approximate surface area is 141 Å². The lowest BCUT2D eigenvalue weighted by Crippen LogP contribution is -2.31. The Hall–Kier alpha value is -2.28. The van der Waals surface area contributed by atoms with E-state index in [0.717, 1.165) is 0 Å². The molecule has 1 heterocycles. The number of halogens is 1. The molecule has 0 spiro atoms. The normalized spacial score (nSPS) is 11.6. The van der Waals surface area contributed by atoms with Gasteiger partial charge in [0, 0.05) is 5.56 Å². The molecule has 0 aliphatic rings. The highest BCUT2D eigenvalue weighted by atomic mass is 79.9. The highest BCUT2D eigenvalue weighted by Crippen LogP contribution is 2.36. The van der Waals surface area contributed by atoms with Gasteiger partial charge in [0.25, 0.3) is 5.91 Å². The average Bonchev–Trinajstić information content (AvgIpc) is 3.07. The summed E-state index contributed by atoms with van der Waals surface area (Å²) in [4.78, 5) is 22.8. The standard InChI is InChI=1S/C16H16BrNO5/c1-10(13-4-3-5-22-13)18-15(20)9-23-16-12(17)6-11(8-19)7-14(16)21-2/h3-8,10H,9H2,1-2H3,(H,18,20). The third-order valence-electron chi connectivity index (χ3n) is 3.08. The second-order valence-corrected chi connectivity index (χ2v) is 5.60. The van der Waals surface area contributed by atoms with E-state index in [1.165, 1.54) is 13.2 Å². The Morgan fingerprint density at radius 1 is 1.48 bits per heavy atom. The van der Waals surface area contributed by atoms with Crippen LogP contribution in [0.2, 0.25) is 0 Å². The summed E-state index contributed by atoms with van der Waals surface area (Å²) >= 11 is 3.30. The number of aldehydes is 1. The van der Waals surface area contributed by atoms with E-state index < -0.39 is 0 Å². The Bertz CT molecular complexity index is 684. The molecule has 1 N–H and O–H groups in total. The molecule has 122 valence electrons. The molecule has 0 saturated carbocycles. The molecule has 1 atom stereocenters. The second-order valence-electron chi connectivity index (χ2n) is 4.75. The number of nitrogens with one attached hydrogen (secondary N) is 1. The van der Waals surface area contributed by atoms with Gasteiger partial charge in [0.15, 0.2) is 18.1 Å². The van der Waals surface area contributed by atoms with Gasteiger partial charge in [0.05, 0.1) is 23.9 Å². The van der Waals surface area contributed by atoms with Crippen LogP contribution in [-0.4, -0.2) is 25.9 Å². The lowest BCUT2D eigenvalue weighted by Gasteiger charge is -2.15. The number of hydrogen-bond donors (Lipinski definition) is 1. The molecule has 1 unspecified atom stereocenters. The average molecular weight is 382 g/mol. The molecule has 0 fully saturated rings. The summed E-state index contributed by atoms with van der Waals surface area (Å²) in [6, 6.07) is 6.41. The summed E-state index contributed by atoms with van der Waals surface area (Å²) in [6.45, 7) is 1.62. The quantitative estimate of drug-likeness (QED) is 0.745. The van der Waals surface area contributed by atoms with E-state index in [2.05, 4.69) is 21.2 Å². The van der Waals surface area contributed by atoms with Crippen molar-refractivity contribution in [2.75, 3.05) is 13.7 Å². The Kier molecular flexibility index (Phi) is 5.81.